The molecular formula is C12H19NO. The van der Waals surface area contributed by atoms with Crippen LogP contribution in [0.1, 0.15) is 20.3 Å². The summed E-state index contributed by atoms with van der Waals surface area (Å²) in [6.07, 6.45) is 8.27. The first kappa shape index (κ1) is 9.94. The van der Waals surface area contributed by atoms with Crippen molar-refractivity contribution in [2.75, 3.05) is 13.2 Å². The zero-order chi connectivity index (χ0) is 9.97. The SMILES string of the molecule is CC1=CC([C@H]2CN[C@@H](C)CO2)CC=C1. The van der Waals surface area contributed by atoms with E-state index < -0.39 is 0 Å². The van der Waals surface area contributed by atoms with E-state index in [0.29, 0.717) is 18.1 Å². The van der Waals surface area contributed by atoms with E-state index in [9.17, 15) is 0 Å². The van der Waals surface area contributed by atoms with Gasteiger partial charge in [-0.15, -0.1) is 0 Å². The molecule has 14 heavy (non-hydrogen) atoms. The molecule has 2 rings (SSSR count). The van der Waals surface area contributed by atoms with Gasteiger partial charge in [0.25, 0.3) is 0 Å². The molecule has 1 aliphatic carbocycles. The molecule has 0 bridgehead atoms. The summed E-state index contributed by atoms with van der Waals surface area (Å²) in [5.74, 6) is 0.569. The summed E-state index contributed by atoms with van der Waals surface area (Å²) >= 11 is 0. The Hall–Kier alpha value is -0.600. The first-order valence-electron chi connectivity index (χ1n) is 5.45. The van der Waals surface area contributed by atoms with Gasteiger partial charge in [-0.3, -0.25) is 0 Å². The number of rotatable bonds is 1. The van der Waals surface area contributed by atoms with Crippen LogP contribution in [0.4, 0.5) is 0 Å². The molecule has 0 aromatic rings. The topological polar surface area (TPSA) is 21.3 Å². The van der Waals surface area contributed by atoms with Crippen molar-refractivity contribution < 1.29 is 4.74 Å². The molecule has 1 fully saturated rings. The van der Waals surface area contributed by atoms with Crippen molar-refractivity contribution in [2.24, 2.45) is 5.92 Å². The molecule has 78 valence electrons. The summed E-state index contributed by atoms with van der Waals surface area (Å²) in [6.45, 7) is 6.15. The third kappa shape index (κ3) is 2.25. The van der Waals surface area contributed by atoms with E-state index in [4.69, 9.17) is 4.74 Å². The van der Waals surface area contributed by atoms with Gasteiger partial charge in [-0.25, -0.2) is 0 Å². The second-order valence-corrected chi connectivity index (χ2v) is 4.39. The summed E-state index contributed by atoms with van der Waals surface area (Å²) in [5, 5.41) is 3.47. The van der Waals surface area contributed by atoms with Gasteiger partial charge < -0.3 is 10.1 Å². The molecule has 0 saturated carbocycles. The zero-order valence-corrected chi connectivity index (χ0v) is 8.99. The van der Waals surface area contributed by atoms with Gasteiger partial charge in [0.15, 0.2) is 0 Å². The Bertz CT molecular complexity index is 249. The predicted octanol–water partition coefficient (Wildman–Crippen LogP) is 1.89. The van der Waals surface area contributed by atoms with Gasteiger partial charge >= 0.3 is 0 Å². The Morgan fingerprint density at radius 3 is 3.00 bits per heavy atom. The van der Waals surface area contributed by atoms with Crippen LogP contribution >= 0.6 is 0 Å². The maximum atomic E-state index is 5.84. The van der Waals surface area contributed by atoms with E-state index in [1.165, 1.54) is 5.57 Å². The van der Waals surface area contributed by atoms with Crippen molar-refractivity contribution in [1.29, 1.82) is 0 Å². The van der Waals surface area contributed by atoms with Crippen molar-refractivity contribution in [3.05, 3.63) is 23.8 Å². The molecule has 2 aliphatic rings. The zero-order valence-electron chi connectivity index (χ0n) is 8.99. The van der Waals surface area contributed by atoms with Gasteiger partial charge in [0.2, 0.25) is 0 Å². The quantitative estimate of drug-likeness (QED) is 0.686. The highest BCUT2D eigenvalue weighted by Crippen LogP contribution is 2.23. The fourth-order valence-corrected chi connectivity index (χ4v) is 2.11. The van der Waals surface area contributed by atoms with Crippen LogP contribution in [-0.4, -0.2) is 25.3 Å². The van der Waals surface area contributed by atoms with E-state index in [1.54, 1.807) is 0 Å². The minimum atomic E-state index is 0.367. The first-order valence-corrected chi connectivity index (χ1v) is 5.45. The van der Waals surface area contributed by atoms with Crippen LogP contribution < -0.4 is 5.32 Å². The van der Waals surface area contributed by atoms with Gasteiger partial charge in [-0.05, 0) is 20.3 Å². The minimum absolute atomic E-state index is 0.367. The van der Waals surface area contributed by atoms with Gasteiger partial charge in [0, 0.05) is 18.5 Å². The van der Waals surface area contributed by atoms with Crippen molar-refractivity contribution in [3.63, 3.8) is 0 Å². The van der Waals surface area contributed by atoms with Gasteiger partial charge in [0.1, 0.15) is 0 Å². The lowest BCUT2D eigenvalue weighted by Gasteiger charge is -2.33. The molecule has 1 unspecified atom stereocenters. The van der Waals surface area contributed by atoms with Crippen molar-refractivity contribution in [1.82, 2.24) is 5.32 Å². The van der Waals surface area contributed by atoms with Crippen LogP contribution in [0.15, 0.2) is 23.8 Å². The summed E-state index contributed by atoms with van der Waals surface area (Å²) in [4.78, 5) is 0. The molecule has 1 aliphatic heterocycles. The Balaban J connectivity index is 1.93. The van der Waals surface area contributed by atoms with Gasteiger partial charge in [-0.1, -0.05) is 23.8 Å². The van der Waals surface area contributed by atoms with E-state index >= 15 is 0 Å². The molecule has 0 radical (unpaired) electrons. The normalized spacial score (nSPS) is 38.1. The van der Waals surface area contributed by atoms with E-state index in [0.717, 1.165) is 19.6 Å². The first-order chi connectivity index (χ1) is 6.75. The maximum Gasteiger partial charge on any atom is 0.0765 e. The van der Waals surface area contributed by atoms with Crippen molar-refractivity contribution in [3.8, 4) is 0 Å². The molecule has 2 nitrogen and oxygen atoms in total. The molecule has 3 atom stereocenters. The maximum absolute atomic E-state index is 5.84. The molecule has 0 amide bonds. The number of ether oxygens (including phenoxy) is 1. The second-order valence-electron chi connectivity index (χ2n) is 4.39. The van der Waals surface area contributed by atoms with Crippen LogP contribution in [0, 0.1) is 5.92 Å². The van der Waals surface area contributed by atoms with Crippen LogP contribution in [0.3, 0.4) is 0 Å². The predicted molar refractivity (Wildman–Crippen MR) is 58.2 cm³/mol. The Morgan fingerprint density at radius 1 is 1.50 bits per heavy atom. The van der Waals surface area contributed by atoms with Gasteiger partial charge in [-0.2, -0.15) is 0 Å². The highest BCUT2D eigenvalue weighted by atomic mass is 16.5. The highest BCUT2D eigenvalue weighted by Gasteiger charge is 2.25. The molecule has 1 saturated heterocycles. The molecule has 2 heteroatoms. The molecule has 0 aromatic carbocycles. The minimum Gasteiger partial charge on any atom is -0.375 e. The molecular weight excluding hydrogens is 174 g/mol. The standard InChI is InChI=1S/C12H19NO/c1-9-4-3-5-11(6-9)12-7-13-10(2)8-14-12/h3-4,6,10-13H,5,7-8H2,1-2H3/t10-,11?,12+/m0/s1. The summed E-state index contributed by atoms with van der Waals surface area (Å²) < 4.78 is 5.84. The second kappa shape index (κ2) is 4.28. The lowest BCUT2D eigenvalue weighted by atomic mass is 9.91. The third-order valence-electron chi connectivity index (χ3n) is 2.97. The highest BCUT2D eigenvalue weighted by molar-refractivity contribution is 5.22. The third-order valence-corrected chi connectivity index (χ3v) is 2.97. The number of nitrogens with one attached hydrogen (secondary N) is 1. The Kier molecular flexibility index (Phi) is 3.04. The lowest BCUT2D eigenvalue weighted by molar-refractivity contribution is -0.0147. The molecule has 0 aromatic heterocycles. The lowest BCUT2D eigenvalue weighted by Crippen LogP contribution is -2.47. The smallest absolute Gasteiger partial charge is 0.0765 e. The summed E-state index contributed by atoms with van der Waals surface area (Å²) in [5.41, 5.74) is 1.36. The monoisotopic (exact) mass is 193 g/mol. The van der Waals surface area contributed by atoms with Gasteiger partial charge in [0.05, 0.1) is 12.7 Å². The average Bonchev–Trinajstić information content (AvgIpc) is 2.19. The van der Waals surface area contributed by atoms with Crippen LogP contribution in [0.2, 0.25) is 0 Å². The summed E-state index contributed by atoms with van der Waals surface area (Å²) in [6, 6.07) is 0.510. The largest absolute Gasteiger partial charge is 0.375 e. The molecule has 0 spiro atoms. The molecule has 1 N–H and O–H groups in total. The Morgan fingerprint density at radius 2 is 2.36 bits per heavy atom. The van der Waals surface area contributed by atoms with Crippen LogP contribution in [0.5, 0.6) is 0 Å². The van der Waals surface area contributed by atoms with Crippen molar-refractivity contribution >= 4 is 0 Å². The Labute approximate surface area is 86.0 Å². The van der Waals surface area contributed by atoms with E-state index in [2.05, 4.69) is 37.4 Å². The fourth-order valence-electron chi connectivity index (χ4n) is 2.11. The number of morpholine rings is 1. The number of allylic oxidation sites excluding steroid dienone is 3. The fraction of sp³-hybridized carbons (Fsp3) is 0.667. The van der Waals surface area contributed by atoms with E-state index in [-0.39, 0.29) is 0 Å². The average molecular weight is 193 g/mol. The van der Waals surface area contributed by atoms with Crippen LogP contribution in [-0.2, 0) is 4.74 Å². The van der Waals surface area contributed by atoms with Crippen LogP contribution in [0.25, 0.3) is 0 Å². The van der Waals surface area contributed by atoms with Crippen molar-refractivity contribution in [2.45, 2.75) is 32.4 Å². The van der Waals surface area contributed by atoms with E-state index in [1.807, 2.05) is 0 Å². The molecule has 1 heterocycles. The summed E-state index contributed by atoms with van der Waals surface area (Å²) in [7, 11) is 0. The number of hydrogen-bond acceptors (Lipinski definition) is 2. The number of hydrogen-bond donors (Lipinski definition) is 1.